The molecule has 23 heavy (non-hydrogen) atoms. The summed E-state index contributed by atoms with van der Waals surface area (Å²) < 4.78 is 0. The maximum Gasteiger partial charge on any atom is 0.488 e. The predicted molar refractivity (Wildman–Crippen MR) is 88.2 cm³/mol. The molecule has 2 aromatic rings. The third-order valence-electron chi connectivity index (χ3n) is 3.17. The summed E-state index contributed by atoms with van der Waals surface area (Å²) in [4.78, 5) is 13.2. The van der Waals surface area contributed by atoms with E-state index in [1.165, 1.54) is 18.2 Å². The molecule has 0 saturated heterocycles. The molecular weight excluding hydrogens is 297 g/mol. The minimum absolute atomic E-state index is 0.0401. The fraction of sp³-hybridized carbons (Fsp3) is 0.133. The van der Waals surface area contributed by atoms with Crippen LogP contribution in [0.2, 0.25) is 0 Å². The molecule has 0 bridgehead atoms. The largest absolute Gasteiger partial charge is 0.488 e. The van der Waals surface area contributed by atoms with Crippen molar-refractivity contribution in [2.24, 2.45) is 10.2 Å². The van der Waals surface area contributed by atoms with Crippen LogP contribution in [0.25, 0.3) is 0 Å². The molecule has 0 atom stereocenters. The van der Waals surface area contributed by atoms with Gasteiger partial charge in [-0.2, -0.15) is 5.11 Å². The molecule has 3 N–H and O–H groups in total. The monoisotopic (exact) mass is 313 g/mol. The Morgan fingerprint density at radius 2 is 1.83 bits per heavy atom. The zero-order chi connectivity index (χ0) is 17.0. The van der Waals surface area contributed by atoms with E-state index in [1.807, 2.05) is 14.1 Å². The second-order valence-electron chi connectivity index (χ2n) is 5.07. The smallest absolute Gasteiger partial charge is 0.478 e. The lowest BCUT2D eigenvalue weighted by Crippen LogP contribution is -2.29. The Hall–Kier alpha value is -2.71. The highest BCUT2D eigenvalue weighted by atomic mass is 16.4. The van der Waals surface area contributed by atoms with Gasteiger partial charge in [-0.05, 0) is 35.8 Å². The SMILES string of the molecule is CN(C)c1ccc(N=Nc2cccc(B(O)O)c2)c(C(=O)O)c1. The Morgan fingerprint density at radius 1 is 1.09 bits per heavy atom. The van der Waals surface area contributed by atoms with Crippen LogP contribution < -0.4 is 10.4 Å². The topological polar surface area (TPSA) is 106 Å². The number of carboxylic acid groups (broad SMARTS) is 1. The van der Waals surface area contributed by atoms with Crippen LogP contribution in [-0.2, 0) is 0 Å². The van der Waals surface area contributed by atoms with Crippen LogP contribution in [0.5, 0.6) is 0 Å². The highest BCUT2D eigenvalue weighted by Crippen LogP contribution is 2.26. The number of rotatable bonds is 5. The first-order valence-corrected chi connectivity index (χ1v) is 6.81. The number of hydrogen-bond donors (Lipinski definition) is 3. The second-order valence-corrected chi connectivity index (χ2v) is 5.07. The lowest BCUT2D eigenvalue weighted by atomic mass is 9.80. The molecule has 0 heterocycles. The number of carboxylic acids is 1. The summed E-state index contributed by atoms with van der Waals surface area (Å²) in [6, 6.07) is 11.1. The average molecular weight is 313 g/mol. The zero-order valence-corrected chi connectivity index (χ0v) is 12.7. The summed E-state index contributed by atoms with van der Waals surface area (Å²) in [6.45, 7) is 0. The molecular formula is C15H16BN3O4. The van der Waals surface area contributed by atoms with Crippen LogP contribution in [0, 0.1) is 0 Å². The van der Waals surface area contributed by atoms with Crippen molar-refractivity contribution < 1.29 is 19.9 Å². The number of benzene rings is 2. The molecule has 0 saturated carbocycles. The molecule has 7 nitrogen and oxygen atoms in total. The first kappa shape index (κ1) is 16.7. The maximum atomic E-state index is 11.4. The number of azo groups is 1. The summed E-state index contributed by atoms with van der Waals surface area (Å²) in [6.07, 6.45) is 0. The highest BCUT2D eigenvalue weighted by Gasteiger charge is 2.13. The van der Waals surface area contributed by atoms with Crippen LogP contribution in [-0.4, -0.2) is 42.3 Å². The van der Waals surface area contributed by atoms with Gasteiger partial charge in [-0.3, -0.25) is 0 Å². The molecule has 0 aromatic heterocycles. The fourth-order valence-corrected chi connectivity index (χ4v) is 1.92. The molecule has 2 aromatic carbocycles. The van der Waals surface area contributed by atoms with Gasteiger partial charge in [-0.1, -0.05) is 12.1 Å². The second kappa shape index (κ2) is 7.04. The van der Waals surface area contributed by atoms with Crippen molar-refractivity contribution in [1.29, 1.82) is 0 Å². The van der Waals surface area contributed by atoms with Crippen molar-refractivity contribution in [1.82, 2.24) is 0 Å². The Balaban J connectivity index is 2.35. The molecule has 118 valence electrons. The molecule has 0 fully saturated rings. The summed E-state index contributed by atoms with van der Waals surface area (Å²) in [5, 5.41) is 35.5. The van der Waals surface area contributed by atoms with Gasteiger partial charge in [0.05, 0.1) is 11.3 Å². The van der Waals surface area contributed by atoms with E-state index in [-0.39, 0.29) is 16.7 Å². The van der Waals surface area contributed by atoms with Gasteiger partial charge in [0.2, 0.25) is 0 Å². The molecule has 0 aliphatic carbocycles. The Morgan fingerprint density at radius 3 is 2.43 bits per heavy atom. The average Bonchev–Trinajstić information content (AvgIpc) is 2.52. The lowest BCUT2D eigenvalue weighted by Gasteiger charge is -2.13. The van der Waals surface area contributed by atoms with E-state index in [9.17, 15) is 9.90 Å². The van der Waals surface area contributed by atoms with Gasteiger partial charge in [0, 0.05) is 19.8 Å². The van der Waals surface area contributed by atoms with Crippen molar-refractivity contribution in [3.8, 4) is 0 Å². The van der Waals surface area contributed by atoms with E-state index >= 15 is 0 Å². The quantitative estimate of drug-likeness (QED) is 0.573. The van der Waals surface area contributed by atoms with E-state index in [1.54, 1.807) is 29.2 Å². The van der Waals surface area contributed by atoms with E-state index in [2.05, 4.69) is 10.2 Å². The molecule has 0 radical (unpaired) electrons. The third kappa shape index (κ3) is 4.15. The molecule has 0 amide bonds. The van der Waals surface area contributed by atoms with E-state index < -0.39 is 13.1 Å². The highest BCUT2D eigenvalue weighted by molar-refractivity contribution is 6.58. The van der Waals surface area contributed by atoms with Gasteiger partial charge in [0.25, 0.3) is 0 Å². The van der Waals surface area contributed by atoms with Gasteiger partial charge < -0.3 is 20.1 Å². The standard InChI is InChI=1S/C15H16BN3O4/c1-19(2)12-6-7-14(13(9-12)15(20)21)18-17-11-5-3-4-10(8-11)16(22)23/h3-9,22-23H,1-2H3,(H,20,21). The normalized spacial score (nSPS) is 10.8. The van der Waals surface area contributed by atoms with Crippen LogP contribution in [0.3, 0.4) is 0 Å². The number of hydrogen-bond acceptors (Lipinski definition) is 6. The zero-order valence-electron chi connectivity index (χ0n) is 12.7. The van der Waals surface area contributed by atoms with Crippen molar-refractivity contribution in [2.45, 2.75) is 0 Å². The minimum Gasteiger partial charge on any atom is -0.478 e. The molecule has 0 aliphatic rings. The van der Waals surface area contributed by atoms with Crippen LogP contribution in [0.15, 0.2) is 52.7 Å². The Labute approximate surface area is 133 Å². The van der Waals surface area contributed by atoms with Crippen LogP contribution in [0.1, 0.15) is 10.4 Å². The lowest BCUT2D eigenvalue weighted by molar-refractivity contribution is 0.0698. The van der Waals surface area contributed by atoms with Crippen molar-refractivity contribution >= 4 is 35.6 Å². The number of aromatic carboxylic acids is 1. The summed E-state index contributed by atoms with van der Waals surface area (Å²) >= 11 is 0. The van der Waals surface area contributed by atoms with Gasteiger partial charge in [-0.25, -0.2) is 4.79 Å². The van der Waals surface area contributed by atoms with E-state index in [0.717, 1.165) is 5.69 Å². The molecule has 0 unspecified atom stereocenters. The summed E-state index contributed by atoms with van der Waals surface area (Å²) in [7, 11) is 2.03. The summed E-state index contributed by atoms with van der Waals surface area (Å²) in [5.74, 6) is -1.10. The van der Waals surface area contributed by atoms with Gasteiger partial charge >= 0.3 is 13.1 Å². The third-order valence-corrected chi connectivity index (χ3v) is 3.17. The van der Waals surface area contributed by atoms with E-state index in [4.69, 9.17) is 10.0 Å². The van der Waals surface area contributed by atoms with Crippen molar-refractivity contribution in [3.05, 3.63) is 48.0 Å². The molecule has 2 rings (SSSR count). The van der Waals surface area contributed by atoms with Gasteiger partial charge in [-0.15, -0.1) is 5.11 Å². The van der Waals surface area contributed by atoms with Gasteiger partial charge in [0.15, 0.2) is 0 Å². The maximum absolute atomic E-state index is 11.4. The Bertz CT molecular complexity index is 747. The van der Waals surface area contributed by atoms with Crippen LogP contribution in [0.4, 0.5) is 17.1 Å². The molecule has 0 aliphatic heterocycles. The van der Waals surface area contributed by atoms with Crippen LogP contribution >= 0.6 is 0 Å². The Kier molecular flexibility index (Phi) is 5.10. The first-order valence-electron chi connectivity index (χ1n) is 6.81. The van der Waals surface area contributed by atoms with Crippen molar-refractivity contribution in [3.63, 3.8) is 0 Å². The summed E-state index contributed by atoms with van der Waals surface area (Å²) in [5.41, 5.74) is 1.68. The number of anilines is 1. The van der Waals surface area contributed by atoms with Crippen molar-refractivity contribution in [2.75, 3.05) is 19.0 Å². The van der Waals surface area contributed by atoms with E-state index in [0.29, 0.717) is 5.69 Å². The fourth-order valence-electron chi connectivity index (χ4n) is 1.92. The predicted octanol–water partition coefficient (Wildman–Crippen LogP) is 1.55. The molecule has 8 heteroatoms. The molecule has 0 spiro atoms. The minimum atomic E-state index is -1.60. The number of carbonyl (C=O) groups is 1. The van der Waals surface area contributed by atoms with Gasteiger partial charge in [0.1, 0.15) is 5.69 Å². The first-order chi connectivity index (χ1) is 10.9. The number of nitrogens with zero attached hydrogens (tertiary/aromatic N) is 3.